The number of nitrogens with one attached hydrogen (secondary N) is 2. The molecular formula is C21H21ClFN3O3. The molecule has 29 heavy (non-hydrogen) atoms. The van der Waals surface area contributed by atoms with Crippen molar-refractivity contribution in [2.24, 2.45) is 5.92 Å². The molecule has 0 spiro atoms. The van der Waals surface area contributed by atoms with E-state index in [2.05, 4.69) is 10.9 Å². The normalized spacial score (nSPS) is 16.2. The molecule has 1 fully saturated rings. The van der Waals surface area contributed by atoms with Crippen molar-refractivity contribution < 1.29 is 18.8 Å². The van der Waals surface area contributed by atoms with Gasteiger partial charge < -0.3 is 4.90 Å². The molecule has 2 aromatic carbocycles. The van der Waals surface area contributed by atoms with Crippen LogP contribution >= 0.6 is 11.6 Å². The number of hydrogen-bond donors (Lipinski definition) is 2. The lowest BCUT2D eigenvalue weighted by Gasteiger charge is -2.32. The number of likely N-dealkylation sites (tertiary alicyclic amines) is 1. The first kappa shape index (κ1) is 20.8. The van der Waals surface area contributed by atoms with Crippen LogP contribution in [0, 0.1) is 11.7 Å². The van der Waals surface area contributed by atoms with Gasteiger partial charge in [-0.05, 0) is 54.8 Å². The summed E-state index contributed by atoms with van der Waals surface area (Å²) < 4.78 is 13.0. The topological polar surface area (TPSA) is 78.5 Å². The van der Waals surface area contributed by atoms with Crippen LogP contribution in [-0.2, 0) is 16.0 Å². The number of piperidine rings is 1. The highest BCUT2D eigenvalue weighted by molar-refractivity contribution is 6.30. The quantitative estimate of drug-likeness (QED) is 0.751. The summed E-state index contributed by atoms with van der Waals surface area (Å²) in [5.74, 6) is -1.66. The second-order valence-corrected chi connectivity index (χ2v) is 7.37. The SMILES string of the molecule is O=C(NNC(=O)C1CCCN(C(=O)Cc2ccc(F)cc2)C1)c1ccc(Cl)cc1. The number of halogens is 2. The fourth-order valence-electron chi connectivity index (χ4n) is 3.20. The minimum atomic E-state index is -0.449. The van der Waals surface area contributed by atoms with Gasteiger partial charge in [-0.2, -0.15) is 0 Å². The molecule has 2 N–H and O–H groups in total. The molecule has 0 saturated carbocycles. The third-order valence-corrected chi connectivity index (χ3v) is 5.07. The van der Waals surface area contributed by atoms with Crippen molar-refractivity contribution in [2.45, 2.75) is 19.3 Å². The first-order valence-corrected chi connectivity index (χ1v) is 9.68. The van der Waals surface area contributed by atoms with Crippen LogP contribution in [-0.4, -0.2) is 35.7 Å². The second kappa shape index (κ2) is 9.52. The maximum absolute atomic E-state index is 13.0. The molecule has 0 aromatic heterocycles. The van der Waals surface area contributed by atoms with Crippen LogP contribution in [0.3, 0.4) is 0 Å². The average molecular weight is 418 g/mol. The molecular weight excluding hydrogens is 397 g/mol. The van der Waals surface area contributed by atoms with Gasteiger partial charge in [0.05, 0.1) is 12.3 Å². The van der Waals surface area contributed by atoms with Gasteiger partial charge in [-0.1, -0.05) is 23.7 Å². The molecule has 1 atom stereocenters. The number of hydrazine groups is 1. The van der Waals surface area contributed by atoms with E-state index < -0.39 is 11.8 Å². The van der Waals surface area contributed by atoms with Crippen LogP contribution in [0.15, 0.2) is 48.5 Å². The zero-order valence-electron chi connectivity index (χ0n) is 15.7. The highest BCUT2D eigenvalue weighted by Gasteiger charge is 2.28. The molecule has 1 aliphatic heterocycles. The Morgan fingerprint density at radius 2 is 1.72 bits per heavy atom. The van der Waals surface area contributed by atoms with Gasteiger partial charge in [0, 0.05) is 23.7 Å². The van der Waals surface area contributed by atoms with Gasteiger partial charge in [0.15, 0.2) is 0 Å². The third kappa shape index (κ3) is 5.77. The van der Waals surface area contributed by atoms with Gasteiger partial charge in [-0.3, -0.25) is 25.2 Å². The zero-order chi connectivity index (χ0) is 20.8. The van der Waals surface area contributed by atoms with Crippen LogP contribution < -0.4 is 10.9 Å². The molecule has 152 valence electrons. The molecule has 8 heteroatoms. The molecule has 1 saturated heterocycles. The molecule has 0 aliphatic carbocycles. The number of benzene rings is 2. The monoisotopic (exact) mass is 417 g/mol. The smallest absolute Gasteiger partial charge is 0.269 e. The van der Waals surface area contributed by atoms with Crippen molar-refractivity contribution in [2.75, 3.05) is 13.1 Å². The van der Waals surface area contributed by atoms with Crippen LogP contribution in [0.2, 0.25) is 5.02 Å². The van der Waals surface area contributed by atoms with E-state index in [9.17, 15) is 18.8 Å². The van der Waals surface area contributed by atoms with Crippen LogP contribution in [0.4, 0.5) is 4.39 Å². The van der Waals surface area contributed by atoms with E-state index in [-0.39, 0.29) is 30.6 Å². The number of carbonyl (C=O) groups excluding carboxylic acids is 3. The van der Waals surface area contributed by atoms with E-state index in [1.165, 1.54) is 12.1 Å². The van der Waals surface area contributed by atoms with E-state index in [1.54, 1.807) is 41.3 Å². The number of hydrogen-bond acceptors (Lipinski definition) is 3. The van der Waals surface area contributed by atoms with Gasteiger partial charge in [-0.25, -0.2) is 4.39 Å². The summed E-state index contributed by atoms with van der Waals surface area (Å²) in [5, 5.41) is 0.512. The van der Waals surface area contributed by atoms with Gasteiger partial charge >= 0.3 is 0 Å². The van der Waals surface area contributed by atoms with Crippen molar-refractivity contribution in [3.05, 3.63) is 70.5 Å². The molecule has 3 amide bonds. The molecule has 1 heterocycles. The van der Waals surface area contributed by atoms with Crippen LogP contribution in [0.1, 0.15) is 28.8 Å². The summed E-state index contributed by atoms with van der Waals surface area (Å²) in [6, 6.07) is 12.1. The van der Waals surface area contributed by atoms with E-state index in [4.69, 9.17) is 11.6 Å². The lowest BCUT2D eigenvalue weighted by Crippen LogP contribution is -2.50. The van der Waals surface area contributed by atoms with Gasteiger partial charge in [-0.15, -0.1) is 0 Å². The summed E-state index contributed by atoms with van der Waals surface area (Å²) in [6.07, 6.45) is 1.48. The molecule has 0 bridgehead atoms. The number of carbonyl (C=O) groups is 3. The molecule has 1 aliphatic rings. The third-order valence-electron chi connectivity index (χ3n) is 4.82. The standard InChI is InChI=1S/C21H21ClFN3O3/c22-17-7-5-15(6-8-17)20(28)24-25-21(29)16-2-1-11-26(13-16)19(27)12-14-3-9-18(23)10-4-14/h3-10,16H,1-2,11-13H2,(H,24,28)(H,25,29). The molecule has 1 unspecified atom stereocenters. The van der Waals surface area contributed by atoms with E-state index in [0.29, 0.717) is 30.0 Å². The zero-order valence-corrected chi connectivity index (χ0v) is 16.4. The Hall–Kier alpha value is -2.93. The lowest BCUT2D eigenvalue weighted by atomic mass is 9.96. The Labute approximate surface area is 173 Å². The Bertz CT molecular complexity index is 887. The average Bonchev–Trinajstić information content (AvgIpc) is 2.74. The highest BCUT2D eigenvalue weighted by atomic mass is 35.5. The van der Waals surface area contributed by atoms with Crippen molar-refractivity contribution in [3.8, 4) is 0 Å². The second-order valence-electron chi connectivity index (χ2n) is 6.93. The number of amides is 3. The predicted molar refractivity (Wildman–Crippen MR) is 106 cm³/mol. The van der Waals surface area contributed by atoms with Crippen molar-refractivity contribution in [1.29, 1.82) is 0 Å². The Morgan fingerprint density at radius 3 is 2.41 bits per heavy atom. The summed E-state index contributed by atoms with van der Waals surface area (Å²) in [6.45, 7) is 0.851. The molecule has 0 radical (unpaired) electrons. The Kier molecular flexibility index (Phi) is 6.82. The Morgan fingerprint density at radius 1 is 1.03 bits per heavy atom. The van der Waals surface area contributed by atoms with Gasteiger partial charge in [0.1, 0.15) is 5.82 Å². The largest absolute Gasteiger partial charge is 0.342 e. The van der Waals surface area contributed by atoms with Crippen molar-refractivity contribution in [1.82, 2.24) is 15.8 Å². The first-order valence-electron chi connectivity index (χ1n) is 9.30. The fourth-order valence-corrected chi connectivity index (χ4v) is 3.33. The molecule has 2 aromatic rings. The predicted octanol–water partition coefficient (Wildman–Crippen LogP) is 2.72. The van der Waals surface area contributed by atoms with Gasteiger partial charge in [0.2, 0.25) is 11.8 Å². The number of nitrogens with zero attached hydrogens (tertiary/aromatic N) is 1. The minimum absolute atomic E-state index is 0.112. The van der Waals surface area contributed by atoms with E-state index in [1.807, 2.05) is 0 Å². The minimum Gasteiger partial charge on any atom is -0.342 e. The summed E-state index contributed by atoms with van der Waals surface area (Å²) >= 11 is 5.79. The maximum atomic E-state index is 13.0. The lowest BCUT2D eigenvalue weighted by molar-refractivity contribution is -0.135. The molecule has 6 nitrogen and oxygen atoms in total. The summed E-state index contributed by atoms with van der Waals surface area (Å²) in [7, 11) is 0. The van der Waals surface area contributed by atoms with E-state index >= 15 is 0 Å². The van der Waals surface area contributed by atoms with Crippen LogP contribution in [0.5, 0.6) is 0 Å². The van der Waals surface area contributed by atoms with Gasteiger partial charge in [0.25, 0.3) is 5.91 Å². The van der Waals surface area contributed by atoms with Crippen LogP contribution in [0.25, 0.3) is 0 Å². The van der Waals surface area contributed by atoms with Crippen molar-refractivity contribution >= 4 is 29.3 Å². The Balaban J connectivity index is 1.50. The molecule has 3 rings (SSSR count). The summed E-state index contributed by atoms with van der Waals surface area (Å²) in [5.41, 5.74) is 5.90. The van der Waals surface area contributed by atoms with E-state index in [0.717, 1.165) is 5.56 Å². The number of rotatable bonds is 4. The fraction of sp³-hybridized carbons (Fsp3) is 0.286. The highest BCUT2D eigenvalue weighted by Crippen LogP contribution is 2.18. The van der Waals surface area contributed by atoms with Crippen molar-refractivity contribution in [3.63, 3.8) is 0 Å². The summed E-state index contributed by atoms with van der Waals surface area (Å²) in [4.78, 5) is 38.7. The first-order chi connectivity index (χ1) is 13.9. The maximum Gasteiger partial charge on any atom is 0.269 e.